The van der Waals surface area contributed by atoms with Crippen LogP contribution in [0, 0.1) is 12.7 Å². The summed E-state index contributed by atoms with van der Waals surface area (Å²) in [6.45, 7) is 5.26. The van der Waals surface area contributed by atoms with Gasteiger partial charge in [-0.15, -0.1) is 0 Å². The van der Waals surface area contributed by atoms with Crippen LogP contribution < -0.4 is 9.62 Å². The molecule has 0 saturated carbocycles. The summed E-state index contributed by atoms with van der Waals surface area (Å²) < 4.78 is 39.6. The molecule has 186 valence electrons. The molecule has 0 aliphatic carbocycles. The lowest BCUT2D eigenvalue weighted by molar-refractivity contribution is -0.139. The third kappa shape index (κ3) is 7.70. The second-order valence-electron chi connectivity index (χ2n) is 8.17. The third-order valence-electron chi connectivity index (χ3n) is 5.37. The van der Waals surface area contributed by atoms with E-state index in [2.05, 4.69) is 5.32 Å². The number of aryl methyl sites for hydroxylation is 1. The molecule has 1 N–H and O–H groups in total. The summed E-state index contributed by atoms with van der Waals surface area (Å²) in [7, 11) is -3.83. The Bertz CT molecular complexity index is 1110. The third-order valence-corrected chi connectivity index (χ3v) is 6.73. The van der Waals surface area contributed by atoms with E-state index in [-0.39, 0.29) is 12.5 Å². The number of hydrogen-bond acceptors (Lipinski definition) is 4. The van der Waals surface area contributed by atoms with Gasteiger partial charge in [0.25, 0.3) is 0 Å². The Labute approximate surface area is 205 Å². The number of benzene rings is 2. The molecule has 0 aliphatic heterocycles. The fourth-order valence-corrected chi connectivity index (χ4v) is 4.53. The van der Waals surface area contributed by atoms with E-state index in [9.17, 15) is 22.4 Å². The lowest BCUT2D eigenvalue weighted by Gasteiger charge is -2.32. The van der Waals surface area contributed by atoms with Gasteiger partial charge >= 0.3 is 0 Å². The fourth-order valence-electron chi connectivity index (χ4n) is 3.40. The molecule has 1 atom stereocenters. The maximum atomic E-state index is 13.4. The predicted molar refractivity (Wildman–Crippen MR) is 133 cm³/mol. The first-order valence-electron chi connectivity index (χ1n) is 11.0. The molecule has 0 heterocycles. The minimum atomic E-state index is -3.83. The minimum absolute atomic E-state index is 0.0126. The fraction of sp³-hybridized carbons (Fsp3) is 0.417. The van der Waals surface area contributed by atoms with Gasteiger partial charge in [0.2, 0.25) is 21.8 Å². The van der Waals surface area contributed by atoms with E-state index in [0.717, 1.165) is 23.4 Å². The van der Waals surface area contributed by atoms with E-state index in [1.54, 1.807) is 26.0 Å². The Kier molecular flexibility index (Phi) is 9.88. The summed E-state index contributed by atoms with van der Waals surface area (Å²) in [6.07, 6.45) is 2.71. The molecular formula is C24H31ClFN3O4S. The number of unbranched alkanes of at least 4 members (excludes halogenated alkanes) is 1. The number of carbonyl (C=O) groups excluding carboxylic acids is 2. The van der Waals surface area contributed by atoms with Crippen molar-refractivity contribution in [2.45, 2.75) is 46.2 Å². The van der Waals surface area contributed by atoms with E-state index in [4.69, 9.17) is 11.6 Å². The standard InChI is InChI=1S/C24H31ClFN3O4S/c1-5-6-13-27-24(31)18(3)28(15-19-7-10-21(26)11-8-19)23(30)16-29(34(4,32)33)22-12-9-20(25)14-17(22)2/h7-12,14,18H,5-6,13,15-16H2,1-4H3,(H,27,31). The zero-order valence-corrected chi connectivity index (χ0v) is 21.4. The van der Waals surface area contributed by atoms with Crippen molar-refractivity contribution >= 4 is 39.1 Å². The van der Waals surface area contributed by atoms with Gasteiger partial charge in [-0.2, -0.15) is 0 Å². The van der Waals surface area contributed by atoms with Crippen molar-refractivity contribution in [3.63, 3.8) is 0 Å². The van der Waals surface area contributed by atoms with Gasteiger partial charge in [-0.3, -0.25) is 13.9 Å². The molecule has 0 aromatic heterocycles. The van der Waals surface area contributed by atoms with Gasteiger partial charge < -0.3 is 10.2 Å². The summed E-state index contributed by atoms with van der Waals surface area (Å²) in [5.41, 5.74) is 1.51. The number of sulfonamides is 1. The summed E-state index contributed by atoms with van der Waals surface area (Å²) >= 11 is 6.01. The highest BCUT2D eigenvalue weighted by atomic mass is 35.5. The summed E-state index contributed by atoms with van der Waals surface area (Å²) in [5, 5.41) is 3.25. The molecule has 0 bridgehead atoms. The largest absolute Gasteiger partial charge is 0.354 e. The van der Waals surface area contributed by atoms with Crippen molar-refractivity contribution in [1.29, 1.82) is 0 Å². The number of halogens is 2. The van der Waals surface area contributed by atoms with Crippen LogP contribution in [0.1, 0.15) is 37.8 Å². The maximum absolute atomic E-state index is 13.4. The molecule has 1 unspecified atom stereocenters. The molecule has 0 fully saturated rings. The number of anilines is 1. The molecule has 0 radical (unpaired) electrons. The number of nitrogens with zero attached hydrogens (tertiary/aromatic N) is 2. The van der Waals surface area contributed by atoms with E-state index >= 15 is 0 Å². The highest BCUT2D eigenvalue weighted by Gasteiger charge is 2.30. The van der Waals surface area contributed by atoms with Crippen molar-refractivity contribution in [3.8, 4) is 0 Å². The Hall–Kier alpha value is -2.65. The van der Waals surface area contributed by atoms with Gasteiger partial charge in [0.1, 0.15) is 18.4 Å². The Balaban J connectivity index is 2.37. The molecular weight excluding hydrogens is 481 g/mol. The van der Waals surface area contributed by atoms with Gasteiger partial charge in [-0.05, 0) is 61.7 Å². The molecule has 0 spiro atoms. The van der Waals surface area contributed by atoms with Crippen LogP contribution in [0.3, 0.4) is 0 Å². The number of rotatable bonds is 11. The first kappa shape index (κ1) is 27.6. The summed E-state index contributed by atoms with van der Waals surface area (Å²) in [6, 6.07) is 9.41. The van der Waals surface area contributed by atoms with Crippen molar-refractivity contribution in [2.24, 2.45) is 0 Å². The normalized spacial score (nSPS) is 12.2. The second-order valence-corrected chi connectivity index (χ2v) is 10.5. The Morgan fingerprint density at radius 1 is 1.15 bits per heavy atom. The highest BCUT2D eigenvalue weighted by molar-refractivity contribution is 7.92. The van der Waals surface area contributed by atoms with Crippen LogP contribution in [-0.4, -0.2) is 50.5 Å². The van der Waals surface area contributed by atoms with Crippen molar-refractivity contribution in [2.75, 3.05) is 23.7 Å². The van der Waals surface area contributed by atoms with Crippen LogP contribution in [0.25, 0.3) is 0 Å². The molecule has 10 heteroatoms. The van der Waals surface area contributed by atoms with Crippen molar-refractivity contribution in [1.82, 2.24) is 10.2 Å². The van der Waals surface area contributed by atoms with Crippen molar-refractivity contribution in [3.05, 3.63) is 64.4 Å². The maximum Gasteiger partial charge on any atom is 0.244 e. The minimum Gasteiger partial charge on any atom is -0.354 e. The molecule has 2 amide bonds. The quantitative estimate of drug-likeness (QED) is 0.464. The van der Waals surface area contributed by atoms with Gasteiger partial charge in [0.15, 0.2) is 0 Å². The van der Waals surface area contributed by atoms with E-state index in [1.807, 2.05) is 6.92 Å². The Morgan fingerprint density at radius 2 is 1.79 bits per heavy atom. The first-order chi connectivity index (χ1) is 15.9. The van der Waals surface area contributed by atoms with Crippen LogP contribution in [0.2, 0.25) is 5.02 Å². The number of nitrogens with one attached hydrogen (secondary N) is 1. The monoisotopic (exact) mass is 511 g/mol. The van der Waals surface area contributed by atoms with Crippen LogP contribution in [0.5, 0.6) is 0 Å². The van der Waals surface area contributed by atoms with Crippen LogP contribution >= 0.6 is 11.6 Å². The zero-order valence-electron chi connectivity index (χ0n) is 19.8. The van der Waals surface area contributed by atoms with E-state index < -0.39 is 34.3 Å². The number of hydrogen-bond donors (Lipinski definition) is 1. The number of carbonyl (C=O) groups is 2. The van der Waals surface area contributed by atoms with E-state index in [0.29, 0.717) is 28.4 Å². The van der Waals surface area contributed by atoms with E-state index in [1.165, 1.54) is 35.2 Å². The van der Waals surface area contributed by atoms with Gasteiger partial charge in [-0.1, -0.05) is 37.1 Å². The van der Waals surface area contributed by atoms with Gasteiger partial charge in [-0.25, -0.2) is 12.8 Å². The molecule has 2 aromatic rings. The smallest absolute Gasteiger partial charge is 0.244 e. The summed E-state index contributed by atoms with van der Waals surface area (Å²) in [5.74, 6) is -1.34. The van der Waals surface area contributed by atoms with Crippen LogP contribution in [0.4, 0.5) is 10.1 Å². The lowest BCUT2D eigenvalue weighted by Crippen LogP contribution is -2.51. The lowest BCUT2D eigenvalue weighted by atomic mass is 10.1. The number of amides is 2. The van der Waals surface area contributed by atoms with Gasteiger partial charge in [0.05, 0.1) is 11.9 Å². The van der Waals surface area contributed by atoms with Crippen LogP contribution in [-0.2, 0) is 26.2 Å². The highest BCUT2D eigenvalue weighted by Crippen LogP contribution is 2.26. The molecule has 2 rings (SSSR count). The molecule has 0 saturated heterocycles. The molecule has 2 aromatic carbocycles. The molecule has 0 aliphatic rings. The van der Waals surface area contributed by atoms with Gasteiger partial charge in [0, 0.05) is 18.1 Å². The van der Waals surface area contributed by atoms with Crippen molar-refractivity contribution < 1.29 is 22.4 Å². The SMILES string of the molecule is CCCCNC(=O)C(C)N(Cc1ccc(F)cc1)C(=O)CN(c1ccc(Cl)cc1C)S(C)(=O)=O. The predicted octanol–water partition coefficient (Wildman–Crippen LogP) is 3.89. The topological polar surface area (TPSA) is 86.8 Å². The zero-order chi connectivity index (χ0) is 25.5. The first-order valence-corrected chi connectivity index (χ1v) is 13.2. The molecule has 7 nitrogen and oxygen atoms in total. The Morgan fingerprint density at radius 3 is 2.35 bits per heavy atom. The molecule has 34 heavy (non-hydrogen) atoms. The average molecular weight is 512 g/mol. The second kappa shape index (κ2) is 12.2. The average Bonchev–Trinajstić information content (AvgIpc) is 2.76. The van der Waals surface area contributed by atoms with Crippen LogP contribution in [0.15, 0.2) is 42.5 Å². The summed E-state index contributed by atoms with van der Waals surface area (Å²) in [4.78, 5) is 27.5.